The SMILES string of the molecule is C=C(C)/C=C/C/C=C/[C@H]1CC(=C)[C@@H]2O[C@H]2[C@H](O[Si](C)(C)C(C)(C)C)C(=C)CC(=C)C(=C)CCC(=O)O1. The number of ether oxygens (including phenoxy) is 2. The van der Waals surface area contributed by atoms with Crippen LogP contribution < -0.4 is 0 Å². The molecule has 2 fully saturated rings. The molecule has 0 aromatic heterocycles. The minimum absolute atomic E-state index is 0.0526. The predicted octanol–water partition coefficient (Wildman–Crippen LogP) is 7.93. The van der Waals surface area contributed by atoms with Crippen LogP contribution in [0.3, 0.4) is 0 Å². The number of carbonyl (C=O) groups excluding carboxylic acids is 1. The molecule has 4 atom stereocenters. The number of esters is 1. The van der Waals surface area contributed by atoms with Crippen LogP contribution in [0.1, 0.15) is 59.8 Å². The molecule has 0 aliphatic carbocycles. The Morgan fingerprint density at radius 1 is 1.08 bits per heavy atom. The summed E-state index contributed by atoms with van der Waals surface area (Å²) in [6, 6.07) is 0. The number of cyclic esters (lactones) is 1. The molecule has 0 aromatic carbocycles. The van der Waals surface area contributed by atoms with Gasteiger partial charge in [-0.05, 0) is 67.1 Å². The first kappa shape index (κ1) is 30.0. The summed E-state index contributed by atoms with van der Waals surface area (Å²) < 4.78 is 18.8. The van der Waals surface area contributed by atoms with Crippen molar-refractivity contribution in [2.75, 3.05) is 0 Å². The van der Waals surface area contributed by atoms with Gasteiger partial charge in [-0.15, -0.1) is 0 Å². The Morgan fingerprint density at radius 2 is 1.75 bits per heavy atom. The van der Waals surface area contributed by atoms with Gasteiger partial charge in [-0.25, -0.2) is 0 Å². The van der Waals surface area contributed by atoms with Crippen molar-refractivity contribution in [1.29, 1.82) is 0 Å². The van der Waals surface area contributed by atoms with Gasteiger partial charge in [0.15, 0.2) is 8.32 Å². The van der Waals surface area contributed by atoms with E-state index in [0.717, 1.165) is 34.3 Å². The lowest BCUT2D eigenvalue weighted by Gasteiger charge is -2.39. The van der Waals surface area contributed by atoms with Gasteiger partial charge < -0.3 is 13.9 Å². The van der Waals surface area contributed by atoms with E-state index in [1.165, 1.54) is 0 Å². The van der Waals surface area contributed by atoms with Gasteiger partial charge in [-0.3, -0.25) is 4.79 Å². The second-order valence-electron chi connectivity index (χ2n) is 11.7. The summed E-state index contributed by atoms with van der Waals surface area (Å²) in [6.07, 6.45) is 9.53. The van der Waals surface area contributed by atoms with Crippen LogP contribution in [0.15, 0.2) is 85.1 Å². The number of carbonyl (C=O) groups is 1. The molecule has 0 spiro atoms. The van der Waals surface area contributed by atoms with E-state index in [2.05, 4.69) is 66.8 Å². The summed E-state index contributed by atoms with van der Waals surface area (Å²) in [5.74, 6) is -0.257. The third-order valence-corrected chi connectivity index (χ3v) is 11.7. The van der Waals surface area contributed by atoms with E-state index in [1.54, 1.807) is 0 Å². The van der Waals surface area contributed by atoms with Crippen molar-refractivity contribution in [3.63, 3.8) is 0 Å². The quantitative estimate of drug-likeness (QED) is 0.120. The minimum Gasteiger partial charge on any atom is -0.458 e. The molecule has 5 heteroatoms. The van der Waals surface area contributed by atoms with E-state index in [4.69, 9.17) is 13.9 Å². The number of fused-ring (bicyclic) bond motifs is 1. The van der Waals surface area contributed by atoms with E-state index in [9.17, 15) is 4.79 Å². The smallest absolute Gasteiger partial charge is 0.306 e. The maximum absolute atomic E-state index is 12.6. The highest BCUT2D eigenvalue weighted by Gasteiger charge is 2.51. The first-order valence-corrected chi connectivity index (χ1v) is 15.8. The van der Waals surface area contributed by atoms with Crippen molar-refractivity contribution in [1.82, 2.24) is 0 Å². The van der Waals surface area contributed by atoms with Crippen LogP contribution in [0.5, 0.6) is 0 Å². The summed E-state index contributed by atoms with van der Waals surface area (Å²) in [4.78, 5) is 12.6. The molecule has 0 unspecified atom stereocenters. The third kappa shape index (κ3) is 8.72. The molecule has 0 amide bonds. The average Bonchev–Trinajstić information content (AvgIpc) is 3.54. The highest BCUT2D eigenvalue weighted by molar-refractivity contribution is 6.74. The Bertz CT molecular complexity index is 960. The third-order valence-electron chi connectivity index (χ3n) is 7.20. The summed E-state index contributed by atoms with van der Waals surface area (Å²) in [6.45, 7) is 34.1. The second kappa shape index (κ2) is 12.4. The van der Waals surface area contributed by atoms with Gasteiger partial charge in [0.2, 0.25) is 0 Å². The van der Waals surface area contributed by atoms with E-state index in [-0.39, 0.29) is 35.7 Å². The van der Waals surface area contributed by atoms with Gasteiger partial charge in [0.05, 0.1) is 6.10 Å². The minimum atomic E-state index is -2.09. The molecule has 0 N–H and O–H groups in total. The van der Waals surface area contributed by atoms with E-state index < -0.39 is 14.4 Å². The number of hydrogen-bond donors (Lipinski definition) is 0. The molecule has 0 aromatic rings. The van der Waals surface area contributed by atoms with Crippen molar-refractivity contribution < 1.29 is 18.7 Å². The molecule has 2 saturated heterocycles. The zero-order chi connectivity index (χ0) is 27.3. The van der Waals surface area contributed by atoms with Crippen LogP contribution in [-0.2, 0) is 18.7 Å². The van der Waals surface area contributed by atoms with Crippen molar-refractivity contribution in [3.8, 4) is 0 Å². The summed E-state index contributed by atoms with van der Waals surface area (Å²) in [5, 5.41) is 0.0526. The van der Waals surface area contributed by atoms with Gasteiger partial charge in [0, 0.05) is 12.8 Å². The molecule has 0 bridgehead atoms. The molecule has 2 rings (SSSR count). The van der Waals surface area contributed by atoms with Gasteiger partial charge in [0.1, 0.15) is 18.3 Å². The molecule has 2 aliphatic rings. The first-order valence-electron chi connectivity index (χ1n) is 12.8. The maximum atomic E-state index is 12.6. The number of rotatable bonds is 6. The van der Waals surface area contributed by atoms with Crippen molar-refractivity contribution in [2.24, 2.45) is 0 Å². The van der Waals surface area contributed by atoms with Crippen molar-refractivity contribution in [3.05, 3.63) is 85.1 Å². The topological polar surface area (TPSA) is 48.1 Å². The molecule has 0 saturated carbocycles. The highest BCUT2D eigenvalue weighted by Crippen LogP contribution is 2.44. The first-order chi connectivity index (χ1) is 16.6. The fourth-order valence-corrected chi connectivity index (χ4v) is 5.11. The van der Waals surface area contributed by atoms with Crippen LogP contribution >= 0.6 is 0 Å². The lowest BCUT2D eigenvalue weighted by molar-refractivity contribution is -0.146. The molecular weight excluding hydrogens is 464 g/mol. The van der Waals surface area contributed by atoms with Gasteiger partial charge >= 0.3 is 5.97 Å². The number of hydrogen-bond acceptors (Lipinski definition) is 4. The predicted molar refractivity (Wildman–Crippen MR) is 153 cm³/mol. The van der Waals surface area contributed by atoms with Gasteiger partial charge in [-0.2, -0.15) is 0 Å². The molecular formula is C31H46O4Si. The number of allylic oxidation sites excluding steroid dienone is 6. The molecule has 2 heterocycles. The zero-order valence-electron chi connectivity index (χ0n) is 23.3. The van der Waals surface area contributed by atoms with Gasteiger partial charge in [-0.1, -0.05) is 83.0 Å². The van der Waals surface area contributed by atoms with Crippen LogP contribution in [-0.4, -0.2) is 38.7 Å². The van der Waals surface area contributed by atoms with E-state index in [0.29, 0.717) is 19.3 Å². The lowest BCUT2D eigenvalue weighted by Crippen LogP contribution is -2.46. The maximum Gasteiger partial charge on any atom is 0.306 e. The van der Waals surface area contributed by atoms with Crippen LogP contribution in [0, 0.1) is 0 Å². The molecule has 198 valence electrons. The summed E-state index contributed by atoms with van der Waals surface area (Å²) in [7, 11) is -2.09. The lowest BCUT2D eigenvalue weighted by atomic mass is 9.92. The Kier molecular flexibility index (Phi) is 10.3. The Balaban J connectivity index is 2.28. The van der Waals surface area contributed by atoms with Gasteiger partial charge in [0.25, 0.3) is 0 Å². The fourth-order valence-electron chi connectivity index (χ4n) is 3.82. The van der Waals surface area contributed by atoms with Crippen molar-refractivity contribution >= 4 is 14.3 Å². The van der Waals surface area contributed by atoms with E-state index in [1.807, 2.05) is 31.2 Å². The highest BCUT2D eigenvalue weighted by atomic mass is 28.4. The van der Waals surface area contributed by atoms with Crippen molar-refractivity contribution in [2.45, 2.75) is 102 Å². The Hall–Kier alpha value is -2.21. The Morgan fingerprint density at radius 3 is 2.36 bits per heavy atom. The summed E-state index contributed by atoms with van der Waals surface area (Å²) in [5.41, 5.74) is 4.54. The normalized spacial score (nSPS) is 27.2. The zero-order valence-corrected chi connectivity index (χ0v) is 24.3. The molecule has 0 radical (unpaired) electrons. The monoisotopic (exact) mass is 510 g/mol. The van der Waals surface area contributed by atoms with Crippen LogP contribution in [0.4, 0.5) is 0 Å². The standard InChI is InChI=1S/C31H46O4Si/c1-21(2)15-13-12-14-16-26-20-25(6)28-30(34-28)29(35-36(10,11)31(7,8)9)24(5)19-23(4)22(3)17-18-27(32)33-26/h13-16,26,28-30H,1,3-6,12,17-20H2,2,7-11H3/b15-13+,16-14+/t26-,28-,29+,30+/m0/s1. The molecule has 36 heavy (non-hydrogen) atoms. The van der Waals surface area contributed by atoms with Crippen LogP contribution in [0.25, 0.3) is 0 Å². The Labute approximate surface area is 220 Å². The average molecular weight is 511 g/mol. The van der Waals surface area contributed by atoms with E-state index >= 15 is 0 Å². The summed E-state index contributed by atoms with van der Waals surface area (Å²) >= 11 is 0. The van der Waals surface area contributed by atoms with Crippen LogP contribution in [0.2, 0.25) is 18.1 Å². The second-order valence-corrected chi connectivity index (χ2v) is 16.4. The molecule has 2 aliphatic heterocycles. The number of epoxide rings is 1. The fraction of sp³-hybridized carbons (Fsp3) is 0.516. The largest absolute Gasteiger partial charge is 0.458 e. The molecule has 4 nitrogen and oxygen atoms in total.